The number of hydrogen-bond acceptors (Lipinski definition) is 5. The molecule has 1 heterocycles. The second kappa shape index (κ2) is 8.91. The lowest BCUT2D eigenvalue weighted by Gasteiger charge is -2.22. The van der Waals surface area contributed by atoms with Crippen molar-refractivity contribution in [2.45, 2.75) is 13.0 Å². The van der Waals surface area contributed by atoms with Gasteiger partial charge < -0.3 is 14.9 Å². The number of benzene rings is 3. The maximum atomic E-state index is 12.6. The Morgan fingerprint density at radius 2 is 1.77 bits per heavy atom. The number of nitrogens with one attached hydrogen (secondary N) is 1. The number of nitrogens with two attached hydrogens (primary N) is 1. The van der Waals surface area contributed by atoms with Crippen LogP contribution in [-0.2, 0) is 4.74 Å². The first-order chi connectivity index (χ1) is 13.9. The molecule has 30 heavy (non-hydrogen) atoms. The third-order valence-electron chi connectivity index (χ3n) is 4.71. The molecule has 0 saturated heterocycles. The van der Waals surface area contributed by atoms with Gasteiger partial charge in [-0.25, -0.2) is 4.79 Å². The summed E-state index contributed by atoms with van der Waals surface area (Å²) >= 11 is 6.94. The number of anilines is 1. The highest BCUT2D eigenvalue weighted by Crippen LogP contribution is 2.43. The molecule has 5 nitrogen and oxygen atoms in total. The number of hydrogen-bond donors (Lipinski definition) is 2. The predicted molar refractivity (Wildman–Crippen MR) is 129 cm³/mol. The fraction of sp³-hybridized carbons (Fsp3) is 0.0909. The lowest BCUT2D eigenvalue weighted by atomic mass is 9.95. The van der Waals surface area contributed by atoms with E-state index in [0.29, 0.717) is 36.9 Å². The Morgan fingerprint density at radius 3 is 2.47 bits per heavy atom. The largest absolute Gasteiger partial charge is 0.454 e. The van der Waals surface area contributed by atoms with Gasteiger partial charge in [0.2, 0.25) is 0 Å². The summed E-state index contributed by atoms with van der Waals surface area (Å²) in [6.07, 6.45) is -0.567. The van der Waals surface area contributed by atoms with Gasteiger partial charge in [-0.15, -0.1) is 17.0 Å². The van der Waals surface area contributed by atoms with Crippen LogP contribution in [0.1, 0.15) is 28.9 Å². The third-order valence-corrected chi connectivity index (χ3v) is 6.31. The van der Waals surface area contributed by atoms with Gasteiger partial charge in [-0.05, 0) is 75.2 Å². The van der Waals surface area contributed by atoms with Crippen molar-refractivity contribution in [2.75, 3.05) is 5.73 Å². The van der Waals surface area contributed by atoms with E-state index in [0.717, 1.165) is 16.5 Å². The number of esters is 1. The monoisotopic (exact) mass is 594 g/mol. The molecule has 2 aromatic carbocycles. The molecule has 1 aliphatic carbocycles. The molecule has 0 saturated carbocycles. The minimum atomic E-state index is -0.567. The summed E-state index contributed by atoms with van der Waals surface area (Å²) < 4.78 is 13.0. The number of ether oxygens (including phenoxy) is 1. The molecule has 0 radical (unpaired) electrons. The average Bonchev–Trinajstić information content (AvgIpc) is 2.73. The zero-order chi connectivity index (χ0) is 20.7. The summed E-state index contributed by atoms with van der Waals surface area (Å²) in [5.74, 6) is 0.0831. The molecule has 2 aliphatic rings. The van der Waals surface area contributed by atoms with E-state index in [1.165, 1.54) is 0 Å². The molecule has 1 unspecified atom stereocenters. The Morgan fingerprint density at radius 1 is 1.07 bits per heavy atom. The number of rotatable bonds is 3. The van der Waals surface area contributed by atoms with Crippen molar-refractivity contribution in [3.05, 3.63) is 80.0 Å². The van der Waals surface area contributed by atoms with E-state index < -0.39 is 12.1 Å². The summed E-state index contributed by atoms with van der Waals surface area (Å²) in [5.41, 5.74) is 9.11. The van der Waals surface area contributed by atoms with Crippen LogP contribution >= 0.6 is 48.8 Å². The number of carbonyl (C=O) groups excluding carboxylic acids is 1. The number of carbonyl (C=O) groups is 1. The molecule has 2 aromatic rings. The van der Waals surface area contributed by atoms with Crippen LogP contribution in [0.3, 0.4) is 0 Å². The first kappa shape index (κ1) is 22.5. The first-order valence-electron chi connectivity index (χ1n) is 8.82. The first-order valence-corrected chi connectivity index (χ1v) is 10.4. The van der Waals surface area contributed by atoms with Crippen LogP contribution < -0.4 is 11.1 Å². The van der Waals surface area contributed by atoms with Crippen LogP contribution in [0.2, 0.25) is 0 Å². The molecule has 8 heteroatoms. The molecule has 0 spiro atoms. The van der Waals surface area contributed by atoms with Crippen molar-refractivity contribution in [2.24, 2.45) is 0 Å². The molecule has 154 valence electrons. The van der Waals surface area contributed by atoms with Gasteiger partial charge in [0.1, 0.15) is 6.10 Å². The van der Waals surface area contributed by atoms with E-state index >= 15 is 0 Å². The number of halogens is 3. The quantitative estimate of drug-likeness (QED) is 0.158. The Labute approximate surface area is 200 Å². The van der Waals surface area contributed by atoms with E-state index in [2.05, 4.69) is 31.9 Å². The molecule has 1 atom stereocenters. The fourth-order valence-corrected chi connectivity index (χ4v) is 4.15. The van der Waals surface area contributed by atoms with Gasteiger partial charge in [-0.1, -0.05) is 18.2 Å². The molecule has 0 fully saturated rings. The van der Waals surface area contributed by atoms with E-state index in [1.807, 2.05) is 19.1 Å². The van der Waals surface area contributed by atoms with E-state index in [1.54, 1.807) is 42.5 Å². The molecule has 0 bridgehead atoms. The van der Waals surface area contributed by atoms with Crippen LogP contribution in [0.25, 0.3) is 22.3 Å². The van der Waals surface area contributed by atoms with Gasteiger partial charge in [0, 0.05) is 22.2 Å². The SMILES string of the molecule is Br.CC(OC(=O)c1ccccc1)c1c2ccc(=N)c(Br)c-2oc2c(Br)c(N)ccc12. The maximum Gasteiger partial charge on any atom is 0.338 e. The van der Waals surface area contributed by atoms with Gasteiger partial charge in [-0.2, -0.15) is 0 Å². The number of fused-ring (bicyclic) bond motifs is 2. The fourth-order valence-electron chi connectivity index (χ4n) is 3.30. The van der Waals surface area contributed by atoms with E-state index in [9.17, 15) is 4.79 Å². The lowest BCUT2D eigenvalue weighted by molar-refractivity contribution is 0.0341. The molecule has 3 N–H and O–H groups in total. The molecule has 0 aromatic heterocycles. The topological polar surface area (TPSA) is 89.3 Å². The van der Waals surface area contributed by atoms with Crippen LogP contribution in [0.5, 0.6) is 0 Å². The predicted octanol–water partition coefficient (Wildman–Crippen LogP) is 6.62. The standard InChI is InChI=1S/C22H16Br2N2O3.BrH/c1-11(28-22(27)12-5-3-2-4-6-12)17-13-7-9-15(25)18(23)20(13)29-21-14(17)8-10-16(26)19(21)24;/h2-11,25H,26H2,1H3;1H. The van der Waals surface area contributed by atoms with Crippen molar-refractivity contribution >= 4 is 71.5 Å². The van der Waals surface area contributed by atoms with Crippen LogP contribution in [-0.4, -0.2) is 5.97 Å². The zero-order valence-electron chi connectivity index (χ0n) is 15.7. The summed E-state index contributed by atoms with van der Waals surface area (Å²) in [5, 5.41) is 9.15. The van der Waals surface area contributed by atoms with Crippen LogP contribution in [0, 0.1) is 5.41 Å². The summed E-state index contributed by atoms with van der Waals surface area (Å²) in [7, 11) is 0. The molecular weight excluding hydrogens is 580 g/mol. The van der Waals surface area contributed by atoms with Gasteiger partial charge in [0.15, 0.2) is 11.3 Å². The van der Waals surface area contributed by atoms with Crippen molar-refractivity contribution in [1.29, 1.82) is 5.41 Å². The van der Waals surface area contributed by atoms with E-state index in [4.69, 9.17) is 20.3 Å². The Kier molecular flexibility index (Phi) is 6.69. The van der Waals surface area contributed by atoms with Gasteiger partial charge in [-0.3, -0.25) is 5.41 Å². The Hall–Kier alpha value is -2.16. The maximum absolute atomic E-state index is 12.6. The highest BCUT2D eigenvalue weighted by atomic mass is 79.9. The normalized spacial score (nSPS) is 11.8. The van der Waals surface area contributed by atoms with Gasteiger partial charge in [0.05, 0.1) is 19.9 Å². The molecular formula is C22H17Br3N2O3. The summed E-state index contributed by atoms with van der Waals surface area (Å²) in [6.45, 7) is 1.82. The van der Waals surface area contributed by atoms with Crippen LogP contribution in [0.4, 0.5) is 5.69 Å². The average molecular weight is 597 g/mol. The Bertz CT molecular complexity index is 1270. The van der Waals surface area contributed by atoms with Gasteiger partial charge in [0.25, 0.3) is 0 Å². The second-order valence-corrected chi connectivity index (χ2v) is 8.16. The smallest absolute Gasteiger partial charge is 0.338 e. The third kappa shape index (κ3) is 3.91. The minimum absolute atomic E-state index is 0. The van der Waals surface area contributed by atoms with Crippen molar-refractivity contribution in [1.82, 2.24) is 0 Å². The summed E-state index contributed by atoms with van der Waals surface area (Å²) in [4.78, 5) is 12.6. The van der Waals surface area contributed by atoms with E-state index in [-0.39, 0.29) is 17.0 Å². The minimum Gasteiger partial charge on any atom is -0.454 e. The number of nitrogen functional groups attached to an aromatic ring is 1. The second-order valence-electron chi connectivity index (χ2n) is 6.58. The molecule has 4 rings (SSSR count). The van der Waals surface area contributed by atoms with Crippen molar-refractivity contribution in [3.8, 4) is 11.3 Å². The zero-order valence-corrected chi connectivity index (χ0v) is 20.6. The highest BCUT2D eigenvalue weighted by Gasteiger charge is 2.26. The highest BCUT2D eigenvalue weighted by molar-refractivity contribution is 9.11. The van der Waals surface area contributed by atoms with Crippen LogP contribution in [0.15, 0.2) is 68.0 Å². The van der Waals surface area contributed by atoms with Crippen molar-refractivity contribution < 1.29 is 13.9 Å². The lowest BCUT2D eigenvalue weighted by Crippen LogP contribution is -2.12. The molecule has 1 aliphatic heterocycles. The van der Waals surface area contributed by atoms with Crippen molar-refractivity contribution in [3.63, 3.8) is 0 Å². The summed E-state index contributed by atoms with van der Waals surface area (Å²) in [6, 6.07) is 16.0. The molecule has 0 amide bonds. The Balaban J connectivity index is 0.00000256. The van der Waals surface area contributed by atoms with Gasteiger partial charge >= 0.3 is 5.97 Å².